The van der Waals surface area contributed by atoms with Crippen molar-refractivity contribution in [2.24, 2.45) is 11.8 Å². The Labute approximate surface area is 193 Å². The number of nitrogens with zero attached hydrogens (tertiary/aromatic N) is 2. The lowest BCUT2D eigenvalue weighted by atomic mass is 9.90. The zero-order chi connectivity index (χ0) is 22.5. The highest BCUT2D eigenvalue weighted by Gasteiger charge is 2.24. The number of carbonyl (C=O) groups excluding carboxylic acids is 1. The van der Waals surface area contributed by atoms with Crippen molar-refractivity contribution in [1.82, 2.24) is 15.3 Å². The lowest BCUT2D eigenvalue weighted by molar-refractivity contribution is -0.122. The molecule has 2 saturated heterocycles. The molecule has 2 N–H and O–H groups in total. The fraction of sp³-hybridized carbons (Fsp3) is 0.542. The van der Waals surface area contributed by atoms with Gasteiger partial charge in [0.1, 0.15) is 5.78 Å². The highest BCUT2D eigenvalue weighted by molar-refractivity contribution is 6.33. The largest absolute Gasteiger partial charge is 0.381 e. The van der Waals surface area contributed by atoms with E-state index in [0.717, 1.165) is 38.9 Å². The van der Waals surface area contributed by atoms with E-state index >= 15 is 0 Å². The van der Waals surface area contributed by atoms with E-state index in [1.165, 1.54) is 6.07 Å². The van der Waals surface area contributed by atoms with Crippen molar-refractivity contribution in [3.8, 4) is 11.3 Å². The molecule has 4 heterocycles. The molecule has 0 radical (unpaired) electrons. The van der Waals surface area contributed by atoms with Crippen molar-refractivity contribution >= 4 is 23.2 Å². The summed E-state index contributed by atoms with van der Waals surface area (Å²) in [4.78, 5) is 21.6. The van der Waals surface area contributed by atoms with Crippen molar-refractivity contribution in [1.29, 1.82) is 0 Å². The van der Waals surface area contributed by atoms with Crippen LogP contribution in [0.5, 0.6) is 0 Å². The molecule has 8 heteroatoms. The molecule has 0 amide bonds. The first-order valence-electron chi connectivity index (χ1n) is 11.4. The van der Waals surface area contributed by atoms with Crippen molar-refractivity contribution in [2.45, 2.75) is 45.1 Å². The Balaban J connectivity index is 1.47. The number of carbonyl (C=O) groups is 1. The molecule has 0 saturated carbocycles. The standard InChI is InChI=1S/C24H30ClFN4O2/c1-15-2-3-17(13-27-15)23(31)11-18-10-19(20(25)14-28-18)22-5-4-21(26)24(30-22)29-12-16-6-8-32-9-7-16/h4-5,10,14-17,27H,2-3,6-9,11-13H2,1H3,(H,29,30)/t15-,17-/m0/s1. The molecule has 0 bridgehead atoms. The van der Waals surface area contributed by atoms with Crippen LogP contribution in [0.2, 0.25) is 5.02 Å². The molecule has 2 fully saturated rings. The minimum atomic E-state index is -0.402. The van der Waals surface area contributed by atoms with Gasteiger partial charge in [-0.3, -0.25) is 9.78 Å². The van der Waals surface area contributed by atoms with Crippen LogP contribution in [0.15, 0.2) is 24.4 Å². The molecule has 32 heavy (non-hydrogen) atoms. The Morgan fingerprint density at radius 3 is 2.84 bits per heavy atom. The summed E-state index contributed by atoms with van der Waals surface area (Å²) < 4.78 is 19.8. The van der Waals surface area contributed by atoms with E-state index in [1.54, 1.807) is 18.3 Å². The number of aromatic nitrogens is 2. The first-order valence-corrected chi connectivity index (χ1v) is 11.8. The Hall–Kier alpha value is -2.09. The van der Waals surface area contributed by atoms with Crippen molar-refractivity contribution < 1.29 is 13.9 Å². The van der Waals surface area contributed by atoms with E-state index in [2.05, 4.69) is 27.5 Å². The summed E-state index contributed by atoms with van der Waals surface area (Å²) in [7, 11) is 0. The van der Waals surface area contributed by atoms with Gasteiger partial charge in [-0.2, -0.15) is 0 Å². The first-order chi connectivity index (χ1) is 15.5. The highest BCUT2D eigenvalue weighted by Crippen LogP contribution is 2.29. The molecule has 2 atom stereocenters. The Bertz CT molecular complexity index is 944. The fourth-order valence-electron chi connectivity index (χ4n) is 4.28. The number of piperidine rings is 1. The summed E-state index contributed by atoms with van der Waals surface area (Å²) in [6, 6.07) is 5.25. The number of ketones is 1. The number of hydrogen-bond acceptors (Lipinski definition) is 6. The first kappa shape index (κ1) is 23.1. The maximum absolute atomic E-state index is 14.4. The summed E-state index contributed by atoms with van der Waals surface area (Å²) in [5, 5.41) is 6.93. The van der Waals surface area contributed by atoms with E-state index in [4.69, 9.17) is 16.3 Å². The van der Waals surface area contributed by atoms with Crippen LogP contribution in [0.1, 0.15) is 38.3 Å². The lowest BCUT2D eigenvalue weighted by Crippen LogP contribution is -2.40. The number of halogens is 2. The quantitative estimate of drug-likeness (QED) is 0.642. The van der Waals surface area contributed by atoms with Crippen LogP contribution in [0.3, 0.4) is 0 Å². The van der Waals surface area contributed by atoms with Gasteiger partial charge in [-0.1, -0.05) is 11.6 Å². The molecule has 6 nitrogen and oxygen atoms in total. The van der Waals surface area contributed by atoms with Gasteiger partial charge in [0.15, 0.2) is 11.6 Å². The summed E-state index contributed by atoms with van der Waals surface area (Å²) in [6.45, 7) is 4.98. The summed E-state index contributed by atoms with van der Waals surface area (Å²) in [5.41, 5.74) is 1.85. The monoisotopic (exact) mass is 460 g/mol. The molecule has 0 spiro atoms. The predicted molar refractivity (Wildman–Crippen MR) is 123 cm³/mol. The van der Waals surface area contributed by atoms with Crippen molar-refractivity contribution in [2.75, 3.05) is 31.6 Å². The number of hydrogen-bond donors (Lipinski definition) is 2. The molecular weight excluding hydrogens is 431 g/mol. The average molecular weight is 461 g/mol. The van der Waals surface area contributed by atoms with E-state index in [1.807, 2.05) is 0 Å². The van der Waals surface area contributed by atoms with Crippen LogP contribution in [0.25, 0.3) is 11.3 Å². The summed E-state index contributed by atoms with van der Waals surface area (Å²) in [6.07, 6.45) is 5.60. The Kier molecular flexibility index (Phi) is 7.71. The third-order valence-corrected chi connectivity index (χ3v) is 6.71. The topological polar surface area (TPSA) is 76.1 Å². The van der Waals surface area contributed by atoms with Crippen molar-refractivity contribution in [3.63, 3.8) is 0 Å². The van der Waals surface area contributed by atoms with Crippen LogP contribution in [0, 0.1) is 17.7 Å². The van der Waals surface area contributed by atoms with Crippen LogP contribution in [0.4, 0.5) is 10.2 Å². The van der Waals surface area contributed by atoms with Gasteiger partial charge < -0.3 is 15.4 Å². The number of nitrogens with one attached hydrogen (secondary N) is 2. The van der Waals surface area contributed by atoms with Gasteiger partial charge in [0, 0.05) is 62.1 Å². The number of pyridine rings is 2. The maximum Gasteiger partial charge on any atom is 0.165 e. The summed E-state index contributed by atoms with van der Waals surface area (Å²) in [5.74, 6) is 0.434. The van der Waals surface area contributed by atoms with E-state index < -0.39 is 5.82 Å². The molecule has 2 aliphatic rings. The SMILES string of the molecule is C[C@H]1CC[C@H](C(=O)Cc2cc(-c3ccc(F)c(NCC4CCOCC4)n3)c(Cl)cn2)CN1. The second-order valence-electron chi connectivity index (χ2n) is 8.85. The normalized spacial score (nSPS) is 22.0. The number of anilines is 1. The lowest BCUT2D eigenvalue weighted by Gasteiger charge is -2.26. The van der Waals surface area contributed by atoms with Gasteiger partial charge in [-0.15, -0.1) is 0 Å². The third-order valence-electron chi connectivity index (χ3n) is 6.40. The second kappa shape index (κ2) is 10.7. The molecule has 2 aromatic heterocycles. The number of ether oxygens (including phenoxy) is 1. The molecule has 2 aliphatic heterocycles. The van der Waals surface area contributed by atoms with Crippen LogP contribution < -0.4 is 10.6 Å². The predicted octanol–water partition coefficient (Wildman–Crippen LogP) is 4.27. The molecule has 0 unspecified atom stereocenters. The Morgan fingerprint density at radius 1 is 1.28 bits per heavy atom. The molecule has 0 aliphatic carbocycles. The fourth-order valence-corrected chi connectivity index (χ4v) is 4.48. The number of rotatable bonds is 7. The molecule has 4 rings (SSSR count). The molecule has 172 valence electrons. The van der Waals surface area contributed by atoms with E-state index in [9.17, 15) is 9.18 Å². The molecule has 2 aromatic rings. The van der Waals surface area contributed by atoms with Gasteiger partial charge >= 0.3 is 0 Å². The van der Waals surface area contributed by atoms with E-state index in [0.29, 0.717) is 47.0 Å². The average Bonchev–Trinajstić information content (AvgIpc) is 2.81. The van der Waals surface area contributed by atoms with Crippen LogP contribution >= 0.6 is 11.6 Å². The zero-order valence-corrected chi connectivity index (χ0v) is 19.1. The maximum atomic E-state index is 14.4. The Morgan fingerprint density at radius 2 is 2.09 bits per heavy atom. The zero-order valence-electron chi connectivity index (χ0n) is 18.4. The second-order valence-corrected chi connectivity index (χ2v) is 9.25. The smallest absolute Gasteiger partial charge is 0.165 e. The van der Waals surface area contributed by atoms with Gasteiger partial charge in [0.05, 0.1) is 10.7 Å². The van der Waals surface area contributed by atoms with Gasteiger partial charge in [-0.25, -0.2) is 9.37 Å². The molecule has 0 aromatic carbocycles. The van der Waals surface area contributed by atoms with Crippen molar-refractivity contribution in [3.05, 3.63) is 40.9 Å². The third kappa shape index (κ3) is 5.82. The minimum absolute atomic E-state index is 0.0112. The summed E-state index contributed by atoms with van der Waals surface area (Å²) >= 11 is 6.40. The highest BCUT2D eigenvalue weighted by atomic mass is 35.5. The van der Waals surface area contributed by atoms with E-state index in [-0.39, 0.29) is 23.9 Å². The molecular formula is C24H30ClFN4O2. The van der Waals surface area contributed by atoms with Gasteiger partial charge in [0.25, 0.3) is 0 Å². The van der Waals surface area contributed by atoms with Crippen LogP contribution in [-0.4, -0.2) is 48.1 Å². The number of Topliss-reactive ketones (excluding diaryl/α,β-unsaturated/α-hetero) is 1. The van der Waals surface area contributed by atoms with Gasteiger partial charge in [0.2, 0.25) is 0 Å². The van der Waals surface area contributed by atoms with Crippen LogP contribution in [-0.2, 0) is 16.0 Å². The van der Waals surface area contributed by atoms with Gasteiger partial charge in [-0.05, 0) is 56.7 Å². The minimum Gasteiger partial charge on any atom is -0.381 e.